The van der Waals surface area contributed by atoms with Crippen LogP contribution in [0.3, 0.4) is 0 Å². The number of hydrogen-bond donors (Lipinski definition) is 1. The van der Waals surface area contributed by atoms with Gasteiger partial charge in [-0.3, -0.25) is 9.89 Å². The Kier molecular flexibility index (Phi) is 2.93. The van der Waals surface area contributed by atoms with E-state index in [9.17, 15) is 4.79 Å². The highest BCUT2D eigenvalue weighted by Crippen LogP contribution is 2.29. The summed E-state index contributed by atoms with van der Waals surface area (Å²) in [6, 6.07) is 0. The van der Waals surface area contributed by atoms with E-state index in [1.54, 1.807) is 0 Å². The number of nitrogens with zero attached hydrogens (tertiary/aromatic N) is 3. The first-order chi connectivity index (χ1) is 7.92. The van der Waals surface area contributed by atoms with Crippen LogP contribution in [0.2, 0.25) is 0 Å². The fraction of sp³-hybridized carbons (Fsp3) is 0.750. The molecule has 2 rings (SSSR count). The van der Waals surface area contributed by atoms with Crippen LogP contribution in [-0.4, -0.2) is 38.1 Å². The second-order valence-corrected chi connectivity index (χ2v) is 5.57. The first-order valence-corrected chi connectivity index (χ1v) is 6.16. The molecule has 0 bridgehead atoms. The molecule has 0 spiro atoms. The molecular formula is C12H20N4O. The van der Waals surface area contributed by atoms with Crippen LogP contribution in [0, 0.1) is 0 Å². The minimum absolute atomic E-state index is 0.0596. The van der Waals surface area contributed by atoms with Gasteiger partial charge in [-0.1, -0.05) is 13.8 Å². The summed E-state index contributed by atoms with van der Waals surface area (Å²) in [7, 11) is 0. The maximum absolute atomic E-state index is 12.3. The minimum Gasteiger partial charge on any atom is -0.331 e. The maximum atomic E-state index is 12.3. The third-order valence-electron chi connectivity index (χ3n) is 3.39. The van der Waals surface area contributed by atoms with Gasteiger partial charge in [0.05, 0.1) is 0 Å². The molecule has 0 saturated carbocycles. The Bertz CT molecular complexity index is 422. The zero-order chi connectivity index (χ0) is 12.6. The molecule has 1 saturated heterocycles. The van der Waals surface area contributed by atoms with E-state index in [0.717, 1.165) is 25.2 Å². The van der Waals surface area contributed by atoms with Crippen molar-refractivity contribution in [3.05, 3.63) is 11.6 Å². The first-order valence-electron chi connectivity index (χ1n) is 6.16. The van der Waals surface area contributed by atoms with E-state index in [2.05, 4.69) is 29.0 Å². The molecule has 0 unspecified atom stereocenters. The van der Waals surface area contributed by atoms with E-state index in [0.29, 0.717) is 5.82 Å². The van der Waals surface area contributed by atoms with Gasteiger partial charge < -0.3 is 4.90 Å². The molecule has 5 heteroatoms. The summed E-state index contributed by atoms with van der Waals surface area (Å²) >= 11 is 0. The van der Waals surface area contributed by atoms with Gasteiger partial charge in [0.2, 0.25) is 5.82 Å². The van der Waals surface area contributed by atoms with Gasteiger partial charge in [0.15, 0.2) is 0 Å². The molecule has 1 aromatic heterocycles. The number of aromatic nitrogens is 3. The Hall–Kier alpha value is -1.39. The van der Waals surface area contributed by atoms with Crippen molar-refractivity contribution in [3.63, 3.8) is 0 Å². The third kappa shape index (κ3) is 2.18. The number of hydrogen-bond acceptors (Lipinski definition) is 3. The molecule has 1 aromatic rings. The van der Waals surface area contributed by atoms with Crippen molar-refractivity contribution >= 4 is 5.91 Å². The summed E-state index contributed by atoms with van der Waals surface area (Å²) in [4.78, 5) is 18.4. The van der Waals surface area contributed by atoms with Crippen LogP contribution in [0.15, 0.2) is 0 Å². The number of likely N-dealkylation sites (tertiary alicyclic amines) is 1. The number of aromatic amines is 1. The van der Waals surface area contributed by atoms with Gasteiger partial charge in [-0.2, -0.15) is 0 Å². The van der Waals surface area contributed by atoms with Crippen molar-refractivity contribution in [2.75, 3.05) is 6.54 Å². The lowest BCUT2D eigenvalue weighted by Crippen LogP contribution is -2.43. The fourth-order valence-corrected chi connectivity index (χ4v) is 2.23. The molecular weight excluding hydrogens is 216 g/mol. The molecule has 0 aromatic carbocycles. The van der Waals surface area contributed by atoms with Gasteiger partial charge in [0.25, 0.3) is 5.91 Å². The highest BCUT2D eigenvalue weighted by molar-refractivity contribution is 5.91. The van der Waals surface area contributed by atoms with Crippen LogP contribution in [0.1, 0.15) is 62.9 Å². The molecule has 5 nitrogen and oxygen atoms in total. The summed E-state index contributed by atoms with van der Waals surface area (Å²) in [5, 5.41) is 6.85. The van der Waals surface area contributed by atoms with E-state index in [1.165, 1.54) is 0 Å². The lowest BCUT2D eigenvalue weighted by Gasteiger charge is -2.30. The summed E-state index contributed by atoms with van der Waals surface area (Å²) in [5.41, 5.74) is -0.0737. The zero-order valence-corrected chi connectivity index (χ0v) is 10.9. The van der Waals surface area contributed by atoms with Gasteiger partial charge in [-0.15, -0.1) is 5.10 Å². The standard InChI is InChI=1S/C12H20N4O/c1-8(2)9-13-10(15-14-9)11(17)16-7-5-6-12(16,3)4/h8H,5-7H2,1-4H3,(H,13,14,15). The third-order valence-corrected chi connectivity index (χ3v) is 3.39. The normalized spacial score (nSPS) is 19.0. The number of nitrogens with one attached hydrogen (secondary N) is 1. The number of amides is 1. The molecule has 1 aliphatic heterocycles. The molecule has 0 radical (unpaired) electrons. The predicted molar refractivity (Wildman–Crippen MR) is 64.8 cm³/mol. The minimum atomic E-state index is -0.0737. The fourth-order valence-electron chi connectivity index (χ4n) is 2.23. The van der Waals surface area contributed by atoms with Crippen molar-refractivity contribution in [2.24, 2.45) is 0 Å². The van der Waals surface area contributed by atoms with Crippen LogP contribution < -0.4 is 0 Å². The molecule has 1 N–H and O–H groups in total. The molecule has 1 fully saturated rings. The molecule has 17 heavy (non-hydrogen) atoms. The van der Waals surface area contributed by atoms with Crippen molar-refractivity contribution in [3.8, 4) is 0 Å². The van der Waals surface area contributed by atoms with Gasteiger partial charge in [-0.25, -0.2) is 4.98 Å². The monoisotopic (exact) mass is 236 g/mol. The number of H-pyrrole nitrogens is 1. The number of rotatable bonds is 2. The lowest BCUT2D eigenvalue weighted by molar-refractivity contribution is 0.0639. The SMILES string of the molecule is CC(C)c1nc(C(=O)N2CCCC2(C)C)n[nH]1. The Balaban J connectivity index is 2.19. The maximum Gasteiger partial charge on any atom is 0.293 e. The van der Waals surface area contributed by atoms with E-state index in [1.807, 2.05) is 18.7 Å². The Morgan fingerprint density at radius 2 is 2.18 bits per heavy atom. The average molecular weight is 236 g/mol. The van der Waals surface area contributed by atoms with Crippen molar-refractivity contribution in [2.45, 2.75) is 52.0 Å². The number of carbonyl (C=O) groups excluding carboxylic acids is 1. The topological polar surface area (TPSA) is 61.9 Å². The van der Waals surface area contributed by atoms with Crippen molar-refractivity contribution in [1.29, 1.82) is 0 Å². The highest BCUT2D eigenvalue weighted by atomic mass is 16.2. The second kappa shape index (κ2) is 4.13. The van der Waals surface area contributed by atoms with Crippen LogP contribution in [0.4, 0.5) is 0 Å². The van der Waals surface area contributed by atoms with Crippen molar-refractivity contribution in [1.82, 2.24) is 20.1 Å². The molecule has 1 aliphatic rings. The summed E-state index contributed by atoms with van der Waals surface area (Å²) in [6.45, 7) is 9.03. The Morgan fingerprint density at radius 1 is 1.47 bits per heavy atom. The van der Waals surface area contributed by atoms with Crippen LogP contribution in [0.5, 0.6) is 0 Å². The molecule has 1 amide bonds. The van der Waals surface area contributed by atoms with Gasteiger partial charge in [-0.05, 0) is 26.7 Å². The van der Waals surface area contributed by atoms with Crippen LogP contribution in [0.25, 0.3) is 0 Å². The molecule has 0 atom stereocenters. The summed E-state index contributed by atoms with van der Waals surface area (Å²) in [5.74, 6) is 1.26. The largest absolute Gasteiger partial charge is 0.331 e. The molecule has 0 aliphatic carbocycles. The van der Waals surface area contributed by atoms with E-state index < -0.39 is 0 Å². The number of carbonyl (C=O) groups is 1. The van der Waals surface area contributed by atoms with Crippen LogP contribution >= 0.6 is 0 Å². The van der Waals surface area contributed by atoms with Gasteiger partial charge in [0.1, 0.15) is 5.82 Å². The van der Waals surface area contributed by atoms with Gasteiger partial charge >= 0.3 is 0 Å². The van der Waals surface area contributed by atoms with E-state index in [-0.39, 0.29) is 17.4 Å². The lowest BCUT2D eigenvalue weighted by atomic mass is 10.0. The molecule has 94 valence electrons. The van der Waals surface area contributed by atoms with E-state index in [4.69, 9.17) is 0 Å². The summed E-state index contributed by atoms with van der Waals surface area (Å²) < 4.78 is 0. The quantitative estimate of drug-likeness (QED) is 0.853. The first kappa shape index (κ1) is 12.1. The van der Waals surface area contributed by atoms with Gasteiger partial charge in [0, 0.05) is 18.0 Å². The van der Waals surface area contributed by atoms with Crippen molar-refractivity contribution < 1.29 is 4.79 Å². The highest BCUT2D eigenvalue weighted by Gasteiger charge is 2.37. The zero-order valence-electron chi connectivity index (χ0n) is 10.9. The Labute approximate surface area is 102 Å². The van der Waals surface area contributed by atoms with E-state index >= 15 is 0 Å². The smallest absolute Gasteiger partial charge is 0.293 e. The Morgan fingerprint density at radius 3 is 2.65 bits per heavy atom. The summed E-state index contributed by atoms with van der Waals surface area (Å²) in [6.07, 6.45) is 2.10. The van der Waals surface area contributed by atoms with Crippen LogP contribution in [-0.2, 0) is 0 Å². The molecule has 2 heterocycles. The average Bonchev–Trinajstić information content (AvgIpc) is 2.82. The predicted octanol–water partition coefficient (Wildman–Crippen LogP) is 1.94. The second-order valence-electron chi connectivity index (χ2n) is 5.57.